The van der Waals surface area contributed by atoms with Crippen molar-refractivity contribution in [3.05, 3.63) is 29.8 Å². The minimum absolute atomic E-state index is 0.572. The van der Waals surface area contributed by atoms with Crippen LogP contribution < -0.4 is 5.32 Å². The molecule has 88 valence electrons. The molecule has 1 fully saturated rings. The molecule has 16 heavy (non-hydrogen) atoms. The number of hydrogen-bond acceptors (Lipinski definition) is 2. The van der Waals surface area contributed by atoms with E-state index in [0.29, 0.717) is 6.73 Å². The number of benzene rings is 1. The quantitative estimate of drug-likeness (QED) is 0.779. The number of hydrogen-bond donors (Lipinski definition) is 1. The third-order valence-corrected chi connectivity index (χ3v) is 3.41. The summed E-state index contributed by atoms with van der Waals surface area (Å²) in [4.78, 5) is 0. The molecule has 1 saturated carbocycles. The van der Waals surface area contributed by atoms with Crippen molar-refractivity contribution in [2.75, 3.05) is 19.2 Å². The molecule has 0 atom stereocenters. The SMILES string of the molecule is COCNc1ccc(C2CCCCC2)cc1. The minimum atomic E-state index is 0.572. The second-order valence-electron chi connectivity index (χ2n) is 4.57. The van der Waals surface area contributed by atoms with E-state index >= 15 is 0 Å². The Balaban J connectivity index is 1.95. The lowest BCUT2D eigenvalue weighted by atomic mass is 9.84. The van der Waals surface area contributed by atoms with Crippen LogP contribution in [0.2, 0.25) is 0 Å². The molecular weight excluding hydrogens is 198 g/mol. The van der Waals surface area contributed by atoms with Gasteiger partial charge in [0.1, 0.15) is 6.73 Å². The Labute approximate surface area is 98.0 Å². The van der Waals surface area contributed by atoms with Crippen LogP contribution in [-0.2, 0) is 4.74 Å². The molecule has 0 spiro atoms. The van der Waals surface area contributed by atoms with E-state index in [1.807, 2.05) is 0 Å². The standard InChI is InChI=1S/C14H21NO/c1-16-11-15-14-9-7-13(8-10-14)12-5-3-2-4-6-12/h7-10,12,15H,2-6,11H2,1H3. The van der Waals surface area contributed by atoms with Gasteiger partial charge in [-0.25, -0.2) is 0 Å². The molecule has 0 bridgehead atoms. The van der Waals surface area contributed by atoms with Crippen LogP contribution in [0.5, 0.6) is 0 Å². The highest BCUT2D eigenvalue weighted by Gasteiger charge is 2.14. The highest BCUT2D eigenvalue weighted by Crippen LogP contribution is 2.32. The molecular formula is C14H21NO. The lowest BCUT2D eigenvalue weighted by Gasteiger charge is -2.22. The smallest absolute Gasteiger partial charge is 0.116 e. The molecule has 2 heteroatoms. The van der Waals surface area contributed by atoms with E-state index in [0.717, 1.165) is 11.6 Å². The summed E-state index contributed by atoms with van der Waals surface area (Å²) >= 11 is 0. The maximum Gasteiger partial charge on any atom is 0.116 e. The van der Waals surface area contributed by atoms with Crippen molar-refractivity contribution in [3.63, 3.8) is 0 Å². The number of methoxy groups -OCH3 is 1. The summed E-state index contributed by atoms with van der Waals surface area (Å²) in [5.74, 6) is 0.797. The highest BCUT2D eigenvalue weighted by molar-refractivity contribution is 5.44. The molecule has 0 amide bonds. The van der Waals surface area contributed by atoms with Crippen molar-refractivity contribution < 1.29 is 4.74 Å². The molecule has 1 N–H and O–H groups in total. The molecule has 0 radical (unpaired) electrons. The van der Waals surface area contributed by atoms with Gasteiger partial charge >= 0.3 is 0 Å². The van der Waals surface area contributed by atoms with Gasteiger partial charge in [0.25, 0.3) is 0 Å². The Morgan fingerprint density at radius 1 is 1.12 bits per heavy atom. The van der Waals surface area contributed by atoms with Crippen molar-refractivity contribution in [2.45, 2.75) is 38.0 Å². The Hall–Kier alpha value is -1.02. The Morgan fingerprint density at radius 3 is 2.44 bits per heavy atom. The van der Waals surface area contributed by atoms with Crippen molar-refractivity contribution in [2.24, 2.45) is 0 Å². The molecule has 0 unspecified atom stereocenters. The fourth-order valence-electron chi connectivity index (χ4n) is 2.46. The Kier molecular flexibility index (Phi) is 4.23. The van der Waals surface area contributed by atoms with E-state index in [2.05, 4.69) is 29.6 Å². The van der Waals surface area contributed by atoms with Gasteiger partial charge in [0, 0.05) is 12.8 Å². The van der Waals surface area contributed by atoms with Gasteiger partial charge in [-0.3, -0.25) is 0 Å². The zero-order valence-electron chi connectivity index (χ0n) is 10.0. The molecule has 0 heterocycles. The van der Waals surface area contributed by atoms with Crippen LogP contribution in [0.25, 0.3) is 0 Å². The summed E-state index contributed by atoms with van der Waals surface area (Å²) in [5, 5.41) is 3.20. The normalized spacial score (nSPS) is 17.3. The molecule has 1 aromatic rings. The Bertz CT molecular complexity index is 301. The van der Waals surface area contributed by atoms with Crippen LogP contribution in [0, 0.1) is 0 Å². The first-order chi connectivity index (χ1) is 7.90. The number of ether oxygens (including phenoxy) is 1. The third-order valence-electron chi connectivity index (χ3n) is 3.41. The second kappa shape index (κ2) is 5.90. The molecule has 2 nitrogen and oxygen atoms in total. The first-order valence-corrected chi connectivity index (χ1v) is 6.23. The van der Waals surface area contributed by atoms with Gasteiger partial charge < -0.3 is 10.1 Å². The number of nitrogens with one attached hydrogen (secondary N) is 1. The molecule has 0 saturated heterocycles. The van der Waals surface area contributed by atoms with Crippen molar-refractivity contribution >= 4 is 5.69 Å². The van der Waals surface area contributed by atoms with Crippen molar-refractivity contribution in [1.29, 1.82) is 0 Å². The average Bonchev–Trinajstić information content (AvgIpc) is 2.38. The summed E-state index contributed by atoms with van der Waals surface area (Å²) in [6.45, 7) is 0.572. The largest absolute Gasteiger partial charge is 0.365 e. The number of anilines is 1. The topological polar surface area (TPSA) is 21.3 Å². The maximum atomic E-state index is 4.98. The summed E-state index contributed by atoms with van der Waals surface area (Å²) in [6, 6.07) is 8.83. The summed E-state index contributed by atoms with van der Waals surface area (Å²) < 4.78 is 4.98. The third kappa shape index (κ3) is 2.99. The lowest BCUT2D eigenvalue weighted by molar-refractivity contribution is 0.221. The summed E-state index contributed by atoms with van der Waals surface area (Å²) in [6.07, 6.45) is 6.95. The fourth-order valence-corrected chi connectivity index (χ4v) is 2.46. The van der Waals surface area contributed by atoms with E-state index in [4.69, 9.17) is 4.74 Å². The maximum absolute atomic E-state index is 4.98. The van der Waals surface area contributed by atoms with Crippen molar-refractivity contribution in [1.82, 2.24) is 0 Å². The van der Waals surface area contributed by atoms with Gasteiger partial charge in [0.2, 0.25) is 0 Å². The minimum Gasteiger partial charge on any atom is -0.365 e. The highest BCUT2D eigenvalue weighted by atomic mass is 16.5. The molecule has 1 aliphatic rings. The molecule has 1 aromatic carbocycles. The van der Waals surface area contributed by atoms with E-state index in [9.17, 15) is 0 Å². The first kappa shape index (κ1) is 11.5. The molecule has 0 aliphatic heterocycles. The van der Waals surface area contributed by atoms with E-state index in [1.165, 1.54) is 37.7 Å². The number of rotatable bonds is 4. The molecule has 0 aromatic heterocycles. The van der Waals surface area contributed by atoms with Gasteiger partial charge in [-0.1, -0.05) is 31.4 Å². The van der Waals surface area contributed by atoms with Gasteiger partial charge in [-0.2, -0.15) is 0 Å². The van der Waals surface area contributed by atoms with Crippen molar-refractivity contribution in [3.8, 4) is 0 Å². The average molecular weight is 219 g/mol. The predicted octanol–water partition coefficient (Wildman–Crippen LogP) is 3.75. The monoisotopic (exact) mass is 219 g/mol. The van der Waals surface area contributed by atoms with Crippen LogP contribution in [-0.4, -0.2) is 13.8 Å². The zero-order valence-corrected chi connectivity index (χ0v) is 10.0. The van der Waals surface area contributed by atoms with Gasteiger partial charge in [-0.15, -0.1) is 0 Å². The molecule has 2 rings (SSSR count). The summed E-state index contributed by atoms with van der Waals surface area (Å²) in [5.41, 5.74) is 2.64. The van der Waals surface area contributed by atoms with Crippen LogP contribution in [0.4, 0.5) is 5.69 Å². The fraction of sp³-hybridized carbons (Fsp3) is 0.571. The van der Waals surface area contributed by atoms with E-state index in [1.54, 1.807) is 7.11 Å². The van der Waals surface area contributed by atoms with Gasteiger partial charge in [0.05, 0.1) is 0 Å². The predicted molar refractivity (Wildman–Crippen MR) is 67.8 cm³/mol. The van der Waals surface area contributed by atoms with Crippen LogP contribution in [0.15, 0.2) is 24.3 Å². The van der Waals surface area contributed by atoms with Crippen LogP contribution >= 0.6 is 0 Å². The Morgan fingerprint density at radius 2 is 1.81 bits per heavy atom. The van der Waals surface area contributed by atoms with Crippen LogP contribution in [0.3, 0.4) is 0 Å². The lowest BCUT2D eigenvalue weighted by Crippen LogP contribution is -2.05. The summed E-state index contributed by atoms with van der Waals surface area (Å²) in [7, 11) is 1.70. The van der Waals surface area contributed by atoms with E-state index in [-0.39, 0.29) is 0 Å². The van der Waals surface area contributed by atoms with E-state index < -0.39 is 0 Å². The van der Waals surface area contributed by atoms with Gasteiger partial charge in [0.15, 0.2) is 0 Å². The first-order valence-electron chi connectivity index (χ1n) is 6.23. The van der Waals surface area contributed by atoms with Crippen LogP contribution in [0.1, 0.15) is 43.6 Å². The molecule has 1 aliphatic carbocycles. The zero-order chi connectivity index (χ0) is 11.2. The second-order valence-corrected chi connectivity index (χ2v) is 4.57. The van der Waals surface area contributed by atoms with Gasteiger partial charge in [-0.05, 0) is 36.5 Å².